The number of carboxylic acids is 1. The maximum absolute atomic E-state index is 11.9. The zero-order valence-electron chi connectivity index (χ0n) is 11.9. The Hall–Kier alpha value is -2.24. The van der Waals surface area contributed by atoms with E-state index >= 15 is 0 Å². The molecule has 0 aromatic heterocycles. The molecule has 1 unspecified atom stereocenters. The van der Waals surface area contributed by atoms with Crippen LogP contribution in [0.25, 0.3) is 0 Å². The van der Waals surface area contributed by atoms with Gasteiger partial charge in [-0.25, -0.2) is 4.79 Å². The lowest BCUT2D eigenvalue weighted by molar-refractivity contribution is -0.121. The molecule has 0 saturated carbocycles. The number of nitrogens with one attached hydrogen (secondary N) is 2. The van der Waals surface area contributed by atoms with E-state index in [-0.39, 0.29) is 11.5 Å². The van der Waals surface area contributed by atoms with E-state index < -0.39 is 12.0 Å². The molecule has 0 aliphatic carbocycles. The number of amides is 1. The van der Waals surface area contributed by atoms with Gasteiger partial charge in [-0.2, -0.15) is 0 Å². The molecule has 0 aliphatic rings. The zero-order chi connectivity index (χ0) is 15.3. The predicted octanol–water partition coefficient (Wildman–Crippen LogP) is 1.54. The van der Waals surface area contributed by atoms with Crippen LogP contribution >= 0.6 is 0 Å². The van der Waals surface area contributed by atoms with Crippen molar-refractivity contribution in [3.05, 3.63) is 23.8 Å². The monoisotopic (exact) mass is 279 g/mol. The Labute approximate surface area is 118 Å². The van der Waals surface area contributed by atoms with Crippen molar-refractivity contribution in [3.8, 4) is 0 Å². The molecule has 0 heterocycles. The average Bonchev–Trinajstić information content (AvgIpc) is 2.35. The minimum atomic E-state index is -1.07. The molecule has 5 N–H and O–H groups in total. The summed E-state index contributed by atoms with van der Waals surface area (Å²) in [5.41, 5.74) is 6.51. The summed E-state index contributed by atoms with van der Waals surface area (Å²) in [4.78, 5) is 23.0. The maximum atomic E-state index is 11.9. The van der Waals surface area contributed by atoms with Crippen LogP contribution in [-0.2, 0) is 4.79 Å². The fourth-order valence-electron chi connectivity index (χ4n) is 1.62. The van der Waals surface area contributed by atoms with Crippen molar-refractivity contribution in [1.29, 1.82) is 0 Å². The number of benzene rings is 1. The third-order valence-corrected chi connectivity index (χ3v) is 2.72. The van der Waals surface area contributed by atoms with Gasteiger partial charge in [0.25, 0.3) is 0 Å². The van der Waals surface area contributed by atoms with Gasteiger partial charge < -0.3 is 21.5 Å². The molecule has 1 rings (SSSR count). The lowest BCUT2D eigenvalue weighted by Gasteiger charge is -2.18. The molecule has 1 aromatic carbocycles. The number of carbonyl (C=O) groups excluding carboxylic acids is 1. The fraction of sp³-hybridized carbons (Fsp3) is 0.429. The van der Waals surface area contributed by atoms with Crippen LogP contribution in [0.3, 0.4) is 0 Å². The van der Waals surface area contributed by atoms with Gasteiger partial charge in [-0.3, -0.25) is 4.79 Å². The predicted molar refractivity (Wildman–Crippen MR) is 78.7 cm³/mol. The van der Waals surface area contributed by atoms with Gasteiger partial charge in [-0.15, -0.1) is 0 Å². The van der Waals surface area contributed by atoms with Crippen LogP contribution in [-0.4, -0.2) is 29.6 Å². The van der Waals surface area contributed by atoms with Crippen molar-refractivity contribution in [2.75, 3.05) is 17.6 Å². The number of nitrogens with two attached hydrogens (primary N) is 1. The topological polar surface area (TPSA) is 104 Å². The Morgan fingerprint density at radius 2 is 1.95 bits per heavy atom. The third-order valence-electron chi connectivity index (χ3n) is 2.72. The van der Waals surface area contributed by atoms with Gasteiger partial charge >= 0.3 is 5.97 Å². The fourth-order valence-corrected chi connectivity index (χ4v) is 1.62. The Morgan fingerprint density at radius 1 is 1.30 bits per heavy atom. The third kappa shape index (κ3) is 4.46. The number of carbonyl (C=O) groups is 2. The molecule has 0 fully saturated rings. The first-order valence-corrected chi connectivity index (χ1v) is 6.48. The van der Waals surface area contributed by atoms with E-state index in [4.69, 9.17) is 10.8 Å². The summed E-state index contributed by atoms with van der Waals surface area (Å²) in [5.74, 6) is -0.896. The molecule has 0 radical (unpaired) electrons. The van der Waals surface area contributed by atoms with E-state index in [9.17, 15) is 9.59 Å². The number of nitrogen functional groups attached to an aromatic ring is 1. The molecule has 1 atom stereocenters. The molecule has 1 aromatic rings. The lowest BCUT2D eigenvalue weighted by atomic mass is 10.1. The highest BCUT2D eigenvalue weighted by atomic mass is 16.4. The van der Waals surface area contributed by atoms with Gasteiger partial charge in [-0.1, -0.05) is 13.8 Å². The summed E-state index contributed by atoms with van der Waals surface area (Å²) in [6.07, 6.45) is 0. The Bertz CT molecular complexity index is 500. The SMILES string of the molecule is CC(C)CNC(=O)C(C)Nc1cc(N)ccc1C(=O)O. The lowest BCUT2D eigenvalue weighted by Crippen LogP contribution is -2.39. The first-order chi connectivity index (χ1) is 9.31. The second kappa shape index (κ2) is 6.79. The Morgan fingerprint density at radius 3 is 2.50 bits per heavy atom. The smallest absolute Gasteiger partial charge is 0.337 e. The van der Waals surface area contributed by atoms with Crippen molar-refractivity contribution in [1.82, 2.24) is 5.32 Å². The van der Waals surface area contributed by atoms with E-state index in [2.05, 4.69) is 10.6 Å². The van der Waals surface area contributed by atoms with E-state index in [1.54, 1.807) is 6.92 Å². The number of anilines is 2. The van der Waals surface area contributed by atoms with Crippen molar-refractivity contribution < 1.29 is 14.7 Å². The van der Waals surface area contributed by atoms with Crippen molar-refractivity contribution >= 4 is 23.3 Å². The minimum absolute atomic E-state index is 0.0858. The molecular formula is C14H21N3O3. The highest BCUT2D eigenvalue weighted by Gasteiger charge is 2.17. The summed E-state index contributed by atoms with van der Waals surface area (Å²) in [7, 11) is 0. The largest absolute Gasteiger partial charge is 0.478 e. The summed E-state index contributed by atoms with van der Waals surface area (Å²) in [5, 5.41) is 14.8. The molecule has 20 heavy (non-hydrogen) atoms. The average molecular weight is 279 g/mol. The summed E-state index contributed by atoms with van der Waals surface area (Å²) in [6, 6.07) is 3.89. The number of rotatable bonds is 6. The highest BCUT2D eigenvalue weighted by molar-refractivity contribution is 5.96. The normalized spacial score (nSPS) is 12.0. The summed E-state index contributed by atoms with van der Waals surface area (Å²) >= 11 is 0. The second-order valence-electron chi connectivity index (χ2n) is 5.12. The van der Waals surface area contributed by atoms with E-state index in [1.807, 2.05) is 13.8 Å². The van der Waals surface area contributed by atoms with Crippen molar-refractivity contribution in [2.45, 2.75) is 26.8 Å². The van der Waals surface area contributed by atoms with Crippen LogP contribution in [0.1, 0.15) is 31.1 Å². The van der Waals surface area contributed by atoms with Gasteiger partial charge in [-0.05, 0) is 31.0 Å². The zero-order valence-corrected chi connectivity index (χ0v) is 11.9. The van der Waals surface area contributed by atoms with Crippen molar-refractivity contribution in [2.24, 2.45) is 5.92 Å². The Balaban J connectivity index is 2.79. The molecular weight excluding hydrogens is 258 g/mol. The van der Waals surface area contributed by atoms with E-state index in [0.717, 1.165) is 0 Å². The standard InChI is InChI=1S/C14H21N3O3/c1-8(2)7-16-13(18)9(3)17-12-6-10(15)4-5-11(12)14(19)20/h4-6,8-9,17H,7,15H2,1-3H3,(H,16,18)(H,19,20). The van der Waals surface area contributed by atoms with E-state index in [1.165, 1.54) is 18.2 Å². The van der Waals surface area contributed by atoms with Crippen LogP contribution < -0.4 is 16.4 Å². The molecule has 0 spiro atoms. The first-order valence-electron chi connectivity index (χ1n) is 6.48. The van der Waals surface area contributed by atoms with Crippen LogP contribution in [0.5, 0.6) is 0 Å². The molecule has 6 nitrogen and oxygen atoms in total. The molecule has 0 bridgehead atoms. The Kier molecular flexibility index (Phi) is 5.37. The van der Waals surface area contributed by atoms with Crippen LogP contribution in [0.15, 0.2) is 18.2 Å². The van der Waals surface area contributed by atoms with Gasteiger partial charge in [0.05, 0.1) is 11.3 Å². The number of hydrogen-bond acceptors (Lipinski definition) is 4. The van der Waals surface area contributed by atoms with Crippen LogP contribution in [0, 0.1) is 5.92 Å². The first kappa shape index (κ1) is 15.8. The summed E-state index contributed by atoms with van der Waals surface area (Å²) in [6.45, 7) is 6.25. The van der Waals surface area contributed by atoms with Crippen molar-refractivity contribution in [3.63, 3.8) is 0 Å². The van der Waals surface area contributed by atoms with E-state index in [0.29, 0.717) is 23.8 Å². The summed E-state index contributed by atoms with van der Waals surface area (Å²) < 4.78 is 0. The van der Waals surface area contributed by atoms with Gasteiger partial charge in [0.2, 0.25) is 5.91 Å². The quantitative estimate of drug-likeness (QED) is 0.591. The minimum Gasteiger partial charge on any atom is -0.478 e. The number of aromatic carboxylic acids is 1. The number of carboxylic acid groups (broad SMARTS) is 1. The number of hydrogen-bond donors (Lipinski definition) is 4. The molecule has 0 aliphatic heterocycles. The van der Waals surface area contributed by atoms with Gasteiger partial charge in [0.15, 0.2) is 0 Å². The van der Waals surface area contributed by atoms with Crippen LogP contribution in [0.4, 0.5) is 11.4 Å². The second-order valence-corrected chi connectivity index (χ2v) is 5.12. The maximum Gasteiger partial charge on any atom is 0.337 e. The highest BCUT2D eigenvalue weighted by Crippen LogP contribution is 2.20. The molecule has 6 heteroatoms. The van der Waals surface area contributed by atoms with Gasteiger partial charge in [0.1, 0.15) is 6.04 Å². The molecule has 110 valence electrons. The van der Waals surface area contributed by atoms with Gasteiger partial charge in [0, 0.05) is 12.2 Å². The molecule has 1 amide bonds. The van der Waals surface area contributed by atoms with Crippen LogP contribution in [0.2, 0.25) is 0 Å². The molecule has 0 saturated heterocycles.